The molecular formula is C21H31N3O2. The molecule has 5 nitrogen and oxygen atoms in total. The molecule has 1 aromatic heterocycles. The minimum atomic E-state index is -0.00680. The number of hydrogen-bond acceptors (Lipinski definition) is 3. The number of amides is 1. The lowest BCUT2D eigenvalue weighted by atomic mass is 10.1. The highest BCUT2D eigenvalue weighted by atomic mass is 16.5. The van der Waals surface area contributed by atoms with Gasteiger partial charge in [0.25, 0.3) is 0 Å². The summed E-state index contributed by atoms with van der Waals surface area (Å²) < 4.78 is 5.76. The summed E-state index contributed by atoms with van der Waals surface area (Å²) in [4.78, 5) is 18.2. The van der Waals surface area contributed by atoms with Crippen LogP contribution in [0.4, 0.5) is 0 Å². The molecule has 2 heterocycles. The summed E-state index contributed by atoms with van der Waals surface area (Å²) in [5, 5.41) is 4.29. The van der Waals surface area contributed by atoms with Crippen LogP contribution in [0.15, 0.2) is 18.2 Å². The molecule has 5 heteroatoms. The number of nitrogens with zero attached hydrogens (tertiary/aromatic N) is 1. The first-order chi connectivity index (χ1) is 12.5. The van der Waals surface area contributed by atoms with E-state index in [2.05, 4.69) is 61.1 Å². The Bertz CT molecular complexity index is 766. The van der Waals surface area contributed by atoms with E-state index in [-0.39, 0.29) is 12.0 Å². The second-order valence-electron chi connectivity index (χ2n) is 7.52. The van der Waals surface area contributed by atoms with Gasteiger partial charge in [0.15, 0.2) is 0 Å². The van der Waals surface area contributed by atoms with Crippen molar-refractivity contribution in [2.24, 2.45) is 0 Å². The zero-order valence-corrected chi connectivity index (χ0v) is 16.4. The van der Waals surface area contributed by atoms with E-state index in [4.69, 9.17) is 4.74 Å². The van der Waals surface area contributed by atoms with Crippen LogP contribution in [0.25, 0.3) is 10.9 Å². The number of carbonyl (C=O) groups is 1. The minimum Gasteiger partial charge on any atom is -0.375 e. The van der Waals surface area contributed by atoms with Crippen LogP contribution in [0.3, 0.4) is 0 Å². The lowest BCUT2D eigenvalue weighted by Crippen LogP contribution is -2.47. The highest BCUT2D eigenvalue weighted by Gasteiger charge is 2.24. The average molecular weight is 357 g/mol. The number of carbonyl (C=O) groups excluding carboxylic acids is 1. The number of morpholine rings is 1. The Balaban J connectivity index is 1.56. The van der Waals surface area contributed by atoms with Crippen LogP contribution in [0.1, 0.15) is 44.0 Å². The van der Waals surface area contributed by atoms with E-state index in [1.165, 1.54) is 22.2 Å². The van der Waals surface area contributed by atoms with Crippen LogP contribution >= 0.6 is 0 Å². The summed E-state index contributed by atoms with van der Waals surface area (Å²) in [5.41, 5.74) is 4.88. The van der Waals surface area contributed by atoms with E-state index in [1.54, 1.807) is 0 Å². The third kappa shape index (κ3) is 4.27. The number of rotatable bonds is 6. The van der Waals surface area contributed by atoms with Crippen molar-refractivity contribution >= 4 is 16.8 Å². The number of nitrogens with one attached hydrogen (secondary N) is 2. The normalized spacial score (nSPS) is 18.6. The Kier molecular flexibility index (Phi) is 5.99. The van der Waals surface area contributed by atoms with Gasteiger partial charge in [-0.05, 0) is 50.5 Å². The third-order valence-corrected chi connectivity index (χ3v) is 5.38. The highest BCUT2D eigenvalue weighted by Crippen LogP contribution is 2.23. The van der Waals surface area contributed by atoms with Crippen molar-refractivity contribution in [1.82, 2.24) is 15.2 Å². The summed E-state index contributed by atoms with van der Waals surface area (Å²) in [5.74, 6) is 0.0562. The van der Waals surface area contributed by atoms with Gasteiger partial charge in [0, 0.05) is 42.3 Å². The Morgan fingerprint density at radius 2 is 2.23 bits per heavy atom. The van der Waals surface area contributed by atoms with Crippen molar-refractivity contribution in [3.8, 4) is 0 Å². The van der Waals surface area contributed by atoms with Crippen molar-refractivity contribution in [2.75, 3.05) is 19.7 Å². The molecule has 1 aliphatic rings. The molecule has 26 heavy (non-hydrogen) atoms. The maximum absolute atomic E-state index is 12.3. The lowest BCUT2D eigenvalue weighted by Gasteiger charge is -2.35. The smallest absolute Gasteiger partial charge is 0.222 e. The van der Waals surface area contributed by atoms with E-state index < -0.39 is 0 Å². The van der Waals surface area contributed by atoms with Gasteiger partial charge < -0.3 is 15.0 Å². The predicted molar refractivity (Wildman–Crippen MR) is 105 cm³/mol. The molecule has 1 aliphatic heterocycles. The molecule has 0 bridgehead atoms. The fourth-order valence-corrected chi connectivity index (χ4v) is 3.71. The average Bonchev–Trinajstić information content (AvgIpc) is 2.96. The second kappa shape index (κ2) is 8.23. The van der Waals surface area contributed by atoms with Crippen molar-refractivity contribution in [3.05, 3.63) is 35.0 Å². The molecule has 1 atom stereocenters. The van der Waals surface area contributed by atoms with Gasteiger partial charge >= 0.3 is 0 Å². The zero-order chi connectivity index (χ0) is 18.7. The lowest BCUT2D eigenvalue weighted by molar-refractivity contribution is -0.126. The summed E-state index contributed by atoms with van der Waals surface area (Å²) in [6.45, 7) is 11.7. The monoisotopic (exact) mass is 357 g/mol. The van der Waals surface area contributed by atoms with Gasteiger partial charge in [-0.25, -0.2) is 0 Å². The van der Waals surface area contributed by atoms with Crippen LogP contribution in [0, 0.1) is 6.92 Å². The molecule has 3 rings (SSSR count). The second-order valence-corrected chi connectivity index (χ2v) is 7.52. The molecule has 1 unspecified atom stereocenters. The van der Waals surface area contributed by atoms with Crippen molar-refractivity contribution < 1.29 is 9.53 Å². The summed E-state index contributed by atoms with van der Waals surface area (Å²) in [6, 6.07) is 6.86. The van der Waals surface area contributed by atoms with Crippen molar-refractivity contribution in [3.63, 3.8) is 0 Å². The molecule has 142 valence electrons. The number of fused-ring (bicyclic) bond motifs is 1. The predicted octanol–water partition coefficient (Wildman–Crippen LogP) is 3.15. The first-order valence-corrected chi connectivity index (χ1v) is 9.70. The summed E-state index contributed by atoms with van der Waals surface area (Å²) in [7, 11) is 0. The fraction of sp³-hybridized carbons (Fsp3) is 0.571. The van der Waals surface area contributed by atoms with Gasteiger partial charge in [-0.1, -0.05) is 13.0 Å². The van der Waals surface area contributed by atoms with Gasteiger partial charge in [0.2, 0.25) is 5.91 Å². The quantitative estimate of drug-likeness (QED) is 0.835. The van der Waals surface area contributed by atoms with Crippen LogP contribution in [0.2, 0.25) is 0 Å². The summed E-state index contributed by atoms with van der Waals surface area (Å²) >= 11 is 0. The van der Waals surface area contributed by atoms with Crippen molar-refractivity contribution in [2.45, 2.75) is 59.2 Å². The molecule has 1 fully saturated rings. The Labute approximate surface area is 156 Å². The van der Waals surface area contributed by atoms with Crippen LogP contribution < -0.4 is 5.32 Å². The first kappa shape index (κ1) is 18.9. The molecular weight excluding hydrogens is 326 g/mol. The number of aromatic nitrogens is 1. The Morgan fingerprint density at radius 1 is 1.42 bits per heavy atom. The van der Waals surface area contributed by atoms with Crippen LogP contribution in [0.5, 0.6) is 0 Å². The van der Waals surface area contributed by atoms with E-state index in [1.807, 2.05) is 0 Å². The van der Waals surface area contributed by atoms with E-state index in [0.717, 1.165) is 25.1 Å². The van der Waals surface area contributed by atoms with E-state index in [9.17, 15) is 4.79 Å². The molecule has 0 spiro atoms. The van der Waals surface area contributed by atoms with Gasteiger partial charge in [0.05, 0.1) is 19.1 Å². The van der Waals surface area contributed by atoms with E-state index >= 15 is 0 Å². The zero-order valence-electron chi connectivity index (χ0n) is 16.4. The largest absolute Gasteiger partial charge is 0.375 e. The molecule has 1 aromatic carbocycles. The van der Waals surface area contributed by atoms with Gasteiger partial charge in [-0.15, -0.1) is 0 Å². The SMILES string of the molecule is CCc1[nH]c2ccc(CNC(=O)CC3CN(C(C)C)CCO3)cc2c1C. The van der Waals surface area contributed by atoms with Gasteiger partial charge in [-0.3, -0.25) is 9.69 Å². The number of benzene rings is 1. The highest BCUT2D eigenvalue weighted by molar-refractivity contribution is 5.85. The van der Waals surface area contributed by atoms with E-state index in [0.29, 0.717) is 25.6 Å². The molecule has 0 saturated carbocycles. The fourth-order valence-electron chi connectivity index (χ4n) is 3.71. The number of H-pyrrole nitrogens is 1. The maximum atomic E-state index is 12.3. The molecule has 2 N–H and O–H groups in total. The molecule has 0 aliphatic carbocycles. The van der Waals surface area contributed by atoms with Crippen LogP contribution in [-0.4, -0.2) is 47.6 Å². The summed E-state index contributed by atoms with van der Waals surface area (Å²) in [6.07, 6.45) is 1.42. The standard InChI is InChI=1S/C21H31N3O2/c1-5-19-15(4)18-10-16(6-7-20(18)23-19)12-22-21(25)11-17-13-24(14(2)3)8-9-26-17/h6-7,10,14,17,23H,5,8-9,11-13H2,1-4H3,(H,22,25). The number of hydrogen-bond donors (Lipinski definition) is 2. The molecule has 0 radical (unpaired) electrons. The minimum absolute atomic E-state index is 0.00680. The Hall–Kier alpha value is -1.85. The molecule has 1 saturated heterocycles. The maximum Gasteiger partial charge on any atom is 0.222 e. The first-order valence-electron chi connectivity index (χ1n) is 9.70. The Morgan fingerprint density at radius 3 is 2.96 bits per heavy atom. The molecule has 2 aromatic rings. The van der Waals surface area contributed by atoms with Crippen LogP contribution in [-0.2, 0) is 22.5 Å². The molecule has 1 amide bonds. The van der Waals surface area contributed by atoms with Gasteiger partial charge in [-0.2, -0.15) is 0 Å². The number of ether oxygens (including phenoxy) is 1. The topological polar surface area (TPSA) is 57.4 Å². The van der Waals surface area contributed by atoms with Gasteiger partial charge in [0.1, 0.15) is 0 Å². The third-order valence-electron chi connectivity index (χ3n) is 5.38. The van der Waals surface area contributed by atoms with Crippen molar-refractivity contribution in [1.29, 1.82) is 0 Å². The number of aromatic amines is 1. The number of aryl methyl sites for hydroxylation is 2.